The van der Waals surface area contributed by atoms with E-state index in [4.69, 9.17) is 0 Å². The summed E-state index contributed by atoms with van der Waals surface area (Å²) in [7, 11) is 0. The fourth-order valence-corrected chi connectivity index (χ4v) is 1.32. The first kappa shape index (κ1) is 11.0. The Labute approximate surface area is 72.4 Å². The molecule has 0 nitrogen and oxygen atoms in total. The van der Waals surface area contributed by atoms with E-state index in [1.165, 1.54) is 25.7 Å². The van der Waals surface area contributed by atoms with Crippen molar-refractivity contribution in [3.05, 3.63) is 6.42 Å². The lowest BCUT2D eigenvalue weighted by molar-refractivity contribution is 0.488. The summed E-state index contributed by atoms with van der Waals surface area (Å²) >= 11 is 0. The normalized spacial score (nSPS) is 16.4. The molecule has 0 saturated carbocycles. The molecule has 0 N–H and O–H groups in total. The summed E-state index contributed by atoms with van der Waals surface area (Å²) in [6, 6.07) is 0. The number of unbranched alkanes of at least 4 members (excludes halogenated alkanes) is 1. The minimum Gasteiger partial charge on any atom is -0.0654 e. The minimum absolute atomic E-state index is 0.807. The summed E-state index contributed by atoms with van der Waals surface area (Å²) in [5.74, 6) is 1.63. The van der Waals surface area contributed by atoms with E-state index in [-0.39, 0.29) is 0 Å². The summed E-state index contributed by atoms with van der Waals surface area (Å²) in [5, 5.41) is 0. The van der Waals surface area contributed by atoms with Crippen LogP contribution in [0.1, 0.15) is 53.4 Å². The zero-order chi connectivity index (χ0) is 8.69. The van der Waals surface area contributed by atoms with Crippen molar-refractivity contribution in [1.29, 1.82) is 0 Å². The molecule has 0 heterocycles. The second-order valence-electron chi connectivity index (χ2n) is 3.70. The van der Waals surface area contributed by atoms with Gasteiger partial charge in [0.15, 0.2) is 0 Å². The van der Waals surface area contributed by atoms with Crippen LogP contribution in [0.25, 0.3) is 0 Å². The summed E-state index contributed by atoms with van der Waals surface area (Å²) in [5.41, 5.74) is 0. The van der Waals surface area contributed by atoms with Crippen LogP contribution in [0, 0.1) is 18.3 Å². The third kappa shape index (κ3) is 6.40. The lowest BCUT2D eigenvalue weighted by Crippen LogP contribution is -2.03. The molecule has 0 spiro atoms. The quantitative estimate of drug-likeness (QED) is 0.542. The highest BCUT2D eigenvalue weighted by molar-refractivity contribution is 4.77. The van der Waals surface area contributed by atoms with Crippen molar-refractivity contribution in [2.75, 3.05) is 0 Å². The van der Waals surface area contributed by atoms with Crippen molar-refractivity contribution >= 4 is 0 Å². The van der Waals surface area contributed by atoms with E-state index in [1.54, 1.807) is 0 Å². The molecule has 2 atom stereocenters. The predicted molar refractivity (Wildman–Crippen MR) is 52.4 cm³/mol. The molecule has 1 radical (unpaired) electrons. The highest BCUT2D eigenvalue weighted by Gasteiger charge is 2.06. The van der Waals surface area contributed by atoms with E-state index in [2.05, 4.69) is 34.1 Å². The molecule has 0 fully saturated rings. The van der Waals surface area contributed by atoms with Crippen molar-refractivity contribution in [2.45, 2.75) is 53.4 Å². The Morgan fingerprint density at radius 1 is 1.09 bits per heavy atom. The van der Waals surface area contributed by atoms with Gasteiger partial charge in [0.05, 0.1) is 0 Å². The van der Waals surface area contributed by atoms with Gasteiger partial charge >= 0.3 is 0 Å². The van der Waals surface area contributed by atoms with Gasteiger partial charge in [-0.1, -0.05) is 53.4 Å². The van der Waals surface area contributed by atoms with Crippen molar-refractivity contribution < 1.29 is 0 Å². The Morgan fingerprint density at radius 2 is 1.73 bits per heavy atom. The van der Waals surface area contributed by atoms with E-state index >= 15 is 0 Å². The van der Waals surface area contributed by atoms with Gasteiger partial charge in [0.1, 0.15) is 0 Å². The van der Waals surface area contributed by atoms with Crippen LogP contribution in [0.15, 0.2) is 0 Å². The Balaban J connectivity index is 3.27. The maximum atomic E-state index is 2.50. The Bertz CT molecular complexity index is 76.1. The van der Waals surface area contributed by atoms with Crippen molar-refractivity contribution in [2.24, 2.45) is 11.8 Å². The summed E-state index contributed by atoms with van der Waals surface area (Å²) in [6.07, 6.45) is 7.87. The molecule has 0 aromatic carbocycles. The van der Waals surface area contributed by atoms with E-state index in [0.29, 0.717) is 0 Å². The second-order valence-corrected chi connectivity index (χ2v) is 3.70. The topological polar surface area (TPSA) is 0 Å². The predicted octanol–water partition coefficient (Wildman–Crippen LogP) is 4.06. The standard InChI is InChI=1S/C11H23/c1-5-7-8-11(4)9-10(3)6-2/h9-11H,5-8H2,1-4H3. The van der Waals surface area contributed by atoms with Gasteiger partial charge in [0.2, 0.25) is 0 Å². The van der Waals surface area contributed by atoms with Gasteiger partial charge in [0, 0.05) is 0 Å². The van der Waals surface area contributed by atoms with Crippen LogP contribution in [0.3, 0.4) is 0 Å². The average Bonchev–Trinajstić information content (AvgIpc) is 2.00. The highest BCUT2D eigenvalue weighted by Crippen LogP contribution is 2.17. The van der Waals surface area contributed by atoms with Gasteiger partial charge in [-0.3, -0.25) is 0 Å². The van der Waals surface area contributed by atoms with Crippen LogP contribution in [0.4, 0.5) is 0 Å². The number of hydrogen-bond acceptors (Lipinski definition) is 0. The van der Waals surface area contributed by atoms with Gasteiger partial charge < -0.3 is 0 Å². The van der Waals surface area contributed by atoms with E-state index in [9.17, 15) is 0 Å². The lowest BCUT2D eigenvalue weighted by atomic mass is 9.92. The molecule has 0 saturated heterocycles. The van der Waals surface area contributed by atoms with Crippen LogP contribution in [-0.4, -0.2) is 0 Å². The molecule has 0 aliphatic carbocycles. The van der Waals surface area contributed by atoms with Crippen LogP contribution in [-0.2, 0) is 0 Å². The third-order valence-electron chi connectivity index (χ3n) is 2.31. The third-order valence-corrected chi connectivity index (χ3v) is 2.31. The minimum atomic E-state index is 0.807. The molecule has 0 aliphatic heterocycles. The van der Waals surface area contributed by atoms with Gasteiger partial charge in [0.25, 0.3) is 0 Å². The monoisotopic (exact) mass is 155 g/mol. The summed E-state index contributed by atoms with van der Waals surface area (Å²) in [6.45, 7) is 9.16. The molecule has 0 aromatic rings. The smallest absolute Gasteiger partial charge is 0.0329 e. The van der Waals surface area contributed by atoms with Crippen LogP contribution >= 0.6 is 0 Å². The Morgan fingerprint density at radius 3 is 2.18 bits per heavy atom. The van der Waals surface area contributed by atoms with Crippen molar-refractivity contribution in [3.63, 3.8) is 0 Å². The number of rotatable bonds is 6. The van der Waals surface area contributed by atoms with Gasteiger partial charge in [-0.15, -0.1) is 0 Å². The maximum absolute atomic E-state index is 2.50. The van der Waals surface area contributed by atoms with E-state index in [1.807, 2.05) is 0 Å². The highest BCUT2D eigenvalue weighted by atomic mass is 14.1. The largest absolute Gasteiger partial charge is 0.0654 e. The Hall–Kier alpha value is 0. The first-order valence-corrected chi connectivity index (χ1v) is 5.05. The molecule has 0 aliphatic rings. The zero-order valence-electron chi connectivity index (χ0n) is 8.56. The molecular formula is C11H23. The molecule has 11 heavy (non-hydrogen) atoms. The fraction of sp³-hybridized carbons (Fsp3) is 0.909. The maximum Gasteiger partial charge on any atom is -0.0329 e. The molecule has 0 aromatic heterocycles. The fourth-order valence-electron chi connectivity index (χ4n) is 1.32. The molecule has 67 valence electrons. The summed E-state index contributed by atoms with van der Waals surface area (Å²) < 4.78 is 0. The van der Waals surface area contributed by atoms with E-state index < -0.39 is 0 Å². The molecule has 0 heteroatoms. The SMILES string of the molecule is CCCCC(C)[CH]C(C)CC. The zero-order valence-corrected chi connectivity index (χ0v) is 8.56. The average molecular weight is 155 g/mol. The van der Waals surface area contributed by atoms with Crippen molar-refractivity contribution in [1.82, 2.24) is 0 Å². The number of hydrogen-bond donors (Lipinski definition) is 0. The second kappa shape index (κ2) is 6.69. The first-order chi connectivity index (χ1) is 5.20. The van der Waals surface area contributed by atoms with Crippen molar-refractivity contribution in [3.8, 4) is 0 Å². The van der Waals surface area contributed by atoms with Gasteiger partial charge in [-0.25, -0.2) is 0 Å². The lowest BCUT2D eigenvalue weighted by Gasteiger charge is -2.14. The molecule has 0 amide bonds. The van der Waals surface area contributed by atoms with E-state index in [0.717, 1.165) is 11.8 Å². The van der Waals surface area contributed by atoms with Gasteiger partial charge in [-0.2, -0.15) is 0 Å². The molecule has 0 rings (SSSR count). The molecule has 0 bridgehead atoms. The van der Waals surface area contributed by atoms with Crippen LogP contribution < -0.4 is 0 Å². The van der Waals surface area contributed by atoms with Crippen LogP contribution in [0.2, 0.25) is 0 Å². The molecular weight excluding hydrogens is 132 g/mol. The summed E-state index contributed by atoms with van der Waals surface area (Å²) in [4.78, 5) is 0. The first-order valence-electron chi connectivity index (χ1n) is 5.05. The molecule has 2 unspecified atom stereocenters. The Kier molecular flexibility index (Phi) is 6.69. The van der Waals surface area contributed by atoms with Gasteiger partial charge in [-0.05, 0) is 18.3 Å². The van der Waals surface area contributed by atoms with Crippen LogP contribution in [0.5, 0.6) is 0 Å².